The van der Waals surface area contributed by atoms with E-state index < -0.39 is 5.97 Å². The fourth-order valence-electron chi connectivity index (χ4n) is 1.60. The molecular formula is C15H13NO3S. The van der Waals surface area contributed by atoms with E-state index in [4.69, 9.17) is 10.5 Å². The van der Waals surface area contributed by atoms with Crippen molar-refractivity contribution < 1.29 is 14.6 Å². The Labute approximate surface area is 121 Å². The molecule has 0 spiro atoms. The highest BCUT2D eigenvalue weighted by molar-refractivity contribution is 7.80. The molecule has 5 heteroatoms. The van der Waals surface area contributed by atoms with E-state index in [1.165, 1.54) is 12.1 Å². The van der Waals surface area contributed by atoms with Crippen molar-refractivity contribution >= 4 is 30.4 Å². The number of phenolic OH excluding ortho intramolecular Hbond substituents is 1. The number of ether oxygens (including phenoxy) is 1. The summed E-state index contributed by atoms with van der Waals surface area (Å²) >= 11 is 4.12. The van der Waals surface area contributed by atoms with Gasteiger partial charge in [-0.25, -0.2) is 4.79 Å². The minimum absolute atomic E-state index is 0.0461. The highest BCUT2D eigenvalue weighted by atomic mass is 32.1. The lowest BCUT2D eigenvalue weighted by Gasteiger charge is -2.09. The molecule has 2 rings (SSSR count). The quantitative estimate of drug-likeness (QED) is 0.267. The Kier molecular flexibility index (Phi) is 4.00. The van der Waals surface area contributed by atoms with Gasteiger partial charge in [-0.3, -0.25) is 0 Å². The molecule has 2 aromatic carbocycles. The minimum Gasteiger partial charge on any atom is -0.506 e. The lowest BCUT2D eigenvalue weighted by atomic mass is 10.2. The number of benzene rings is 2. The van der Waals surface area contributed by atoms with Crippen LogP contribution in [0.4, 0.5) is 5.69 Å². The SMILES string of the molecule is C=Cc1ccc(OC(=O)c2ccc(O)c(N)c2S)cc1. The van der Waals surface area contributed by atoms with Crippen molar-refractivity contribution in [1.29, 1.82) is 0 Å². The van der Waals surface area contributed by atoms with Crippen molar-refractivity contribution in [2.75, 3.05) is 5.73 Å². The molecule has 0 radical (unpaired) electrons. The van der Waals surface area contributed by atoms with E-state index in [1.54, 1.807) is 30.3 Å². The third-order valence-electron chi connectivity index (χ3n) is 2.74. The number of carbonyl (C=O) groups excluding carboxylic acids is 1. The molecule has 0 aliphatic rings. The van der Waals surface area contributed by atoms with Gasteiger partial charge in [-0.05, 0) is 29.8 Å². The number of carbonyl (C=O) groups is 1. The average molecular weight is 287 g/mol. The molecule has 0 aliphatic heterocycles. The van der Waals surface area contributed by atoms with E-state index in [2.05, 4.69) is 19.2 Å². The van der Waals surface area contributed by atoms with E-state index in [9.17, 15) is 9.90 Å². The Morgan fingerprint density at radius 2 is 1.90 bits per heavy atom. The van der Waals surface area contributed by atoms with Gasteiger partial charge in [0.25, 0.3) is 0 Å². The van der Waals surface area contributed by atoms with E-state index in [1.807, 2.05) is 0 Å². The van der Waals surface area contributed by atoms with Gasteiger partial charge in [-0.15, -0.1) is 12.6 Å². The average Bonchev–Trinajstić information content (AvgIpc) is 2.45. The number of nitrogens with two attached hydrogens (primary N) is 1. The highest BCUT2D eigenvalue weighted by Gasteiger charge is 2.16. The van der Waals surface area contributed by atoms with E-state index in [-0.39, 0.29) is 21.9 Å². The van der Waals surface area contributed by atoms with Crippen LogP contribution in [0.2, 0.25) is 0 Å². The molecule has 20 heavy (non-hydrogen) atoms. The van der Waals surface area contributed by atoms with Crippen LogP contribution in [-0.2, 0) is 0 Å². The fourth-order valence-corrected chi connectivity index (χ4v) is 1.88. The van der Waals surface area contributed by atoms with Crippen LogP contribution in [0.15, 0.2) is 47.9 Å². The second-order valence-electron chi connectivity index (χ2n) is 4.06. The summed E-state index contributed by atoms with van der Waals surface area (Å²) in [6.07, 6.45) is 1.69. The summed E-state index contributed by atoms with van der Waals surface area (Å²) in [5, 5.41) is 9.42. The van der Waals surface area contributed by atoms with Crippen molar-refractivity contribution in [1.82, 2.24) is 0 Å². The Morgan fingerprint density at radius 1 is 1.25 bits per heavy atom. The third kappa shape index (κ3) is 2.78. The van der Waals surface area contributed by atoms with Crippen LogP contribution in [0.1, 0.15) is 15.9 Å². The summed E-state index contributed by atoms with van der Waals surface area (Å²) in [5.41, 5.74) is 6.77. The first-order chi connectivity index (χ1) is 9.52. The van der Waals surface area contributed by atoms with E-state index in [0.29, 0.717) is 5.75 Å². The number of esters is 1. The lowest BCUT2D eigenvalue weighted by molar-refractivity contribution is 0.0731. The van der Waals surface area contributed by atoms with Crippen molar-refractivity contribution in [3.05, 3.63) is 54.1 Å². The Morgan fingerprint density at radius 3 is 2.50 bits per heavy atom. The first-order valence-corrected chi connectivity index (χ1v) is 6.22. The van der Waals surface area contributed by atoms with Gasteiger partial charge in [0, 0.05) is 4.90 Å². The molecule has 3 N–H and O–H groups in total. The summed E-state index contributed by atoms with van der Waals surface area (Å²) in [7, 11) is 0. The van der Waals surface area contributed by atoms with E-state index in [0.717, 1.165) is 5.56 Å². The van der Waals surface area contributed by atoms with Crippen LogP contribution in [0.25, 0.3) is 6.08 Å². The minimum atomic E-state index is -0.590. The summed E-state index contributed by atoms with van der Waals surface area (Å²) in [6, 6.07) is 9.62. The first-order valence-electron chi connectivity index (χ1n) is 5.78. The zero-order chi connectivity index (χ0) is 14.7. The maximum atomic E-state index is 12.0. The van der Waals surface area contributed by atoms with Crippen LogP contribution in [-0.4, -0.2) is 11.1 Å². The number of anilines is 1. The smallest absolute Gasteiger partial charge is 0.344 e. The molecule has 2 aromatic rings. The monoisotopic (exact) mass is 287 g/mol. The number of phenols is 1. The second-order valence-corrected chi connectivity index (χ2v) is 4.50. The van der Waals surface area contributed by atoms with Crippen molar-refractivity contribution in [3.63, 3.8) is 0 Å². The molecule has 0 aliphatic carbocycles. The normalized spacial score (nSPS) is 10.1. The maximum Gasteiger partial charge on any atom is 0.344 e. The predicted molar refractivity (Wildman–Crippen MR) is 81.3 cm³/mol. The molecule has 102 valence electrons. The Bertz CT molecular complexity index is 666. The Hall–Kier alpha value is -2.40. The lowest BCUT2D eigenvalue weighted by Crippen LogP contribution is -2.10. The number of hydrogen-bond acceptors (Lipinski definition) is 5. The summed E-state index contributed by atoms with van der Waals surface area (Å²) in [4.78, 5) is 12.2. The molecule has 0 saturated heterocycles. The number of rotatable bonds is 3. The number of aromatic hydroxyl groups is 1. The third-order valence-corrected chi connectivity index (χ3v) is 3.22. The Balaban J connectivity index is 2.23. The van der Waals surface area contributed by atoms with Crippen molar-refractivity contribution in [2.24, 2.45) is 0 Å². The molecule has 0 atom stereocenters. The van der Waals surface area contributed by atoms with E-state index >= 15 is 0 Å². The topological polar surface area (TPSA) is 72.5 Å². The molecule has 0 amide bonds. The van der Waals surface area contributed by atoms with Crippen LogP contribution in [0, 0.1) is 0 Å². The molecule has 0 fully saturated rings. The van der Waals surface area contributed by atoms with Gasteiger partial charge in [0.05, 0.1) is 11.3 Å². The van der Waals surface area contributed by atoms with Crippen LogP contribution >= 0.6 is 12.6 Å². The number of nitrogen functional groups attached to an aromatic ring is 1. The molecular weight excluding hydrogens is 274 g/mol. The summed E-state index contributed by atoms with van der Waals surface area (Å²) in [5.74, 6) is -0.310. The van der Waals surface area contributed by atoms with Gasteiger partial charge in [0.15, 0.2) is 0 Å². The first kappa shape index (κ1) is 14.0. The van der Waals surface area contributed by atoms with Gasteiger partial charge < -0.3 is 15.6 Å². The summed E-state index contributed by atoms with van der Waals surface area (Å²) < 4.78 is 5.22. The molecule has 0 unspecified atom stereocenters. The fraction of sp³-hybridized carbons (Fsp3) is 0. The zero-order valence-electron chi connectivity index (χ0n) is 10.5. The predicted octanol–water partition coefficient (Wildman–Crippen LogP) is 3.13. The van der Waals surface area contributed by atoms with Crippen molar-refractivity contribution in [2.45, 2.75) is 4.90 Å². The largest absolute Gasteiger partial charge is 0.506 e. The zero-order valence-corrected chi connectivity index (χ0v) is 11.4. The standard InChI is InChI=1S/C15H13NO3S/c1-2-9-3-5-10(6-4-9)19-15(18)11-7-8-12(17)13(16)14(11)20/h2-8,17,20H,1,16H2. The molecule has 0 saturated carbocycles. The van der Waals surface area contributed by atoms with Gasteiger partial charge in [0.2, 0.25) is 0 Å². The van der Waals surface area contributed by atoms with Gasteiger partial charge in [-0.2, -0.15) is 0 Å². The number of hydrogen-bond donors (Lipinski definition) is 3. The van der Waals surface area contributed by atoms with Crippen LogP contribution in [0.5, 0.6) is 11.5 Å². The van der Waals surface area contributed by atoms with Gasteiger partial charge >= 0.3 is 5.97 Å². The maximum absolute atomic E-state index is 12.0. The van der Waals surface area contributed by atoms with Crippen LogP contribution in [0.3, 0.4) is 0 Å². The van der Waals surface area contributed by atoms with Gasteiger partial charge in [0.1, 0.15) is 11.5 Å². The van der Waals surface area contributed by atoms with Crippen LogP contribution < -0.4 is 10.5 Å². The highest BCUT2D eigenvalue weighted by Crippen LogP contribution is 2.30. The van der Waals surface area contributed by atoms with Crippen molar-refractivity contribution in [3.8, 4) is 11.5 Å². The summed E-state index contributed by atoms with van der Waals surface area (Å²) in [6.45, 7) is 3.64. The second kappa shape index (κ2) is 5.71. The number of thiol groups is 1. The molecule has 4 nitrogen and oxygen atoms in total. The molecule has 0 heterocycles. The van der Waals surface area contributed by atoms with Gasteiger partial charge in [-0.1, -0.05) is 24.8 Å². The molecule has 0 aromatic heterocycles. The molecule has 0 bridgehead atoms.